The van der Waals surface area contributed by atoms with Crippen LogP contribution in [0.1, 0.15) is 5.56 Å². The van der Waals surface area contributed by atoms with Crippen LogP contribution in [0.5, 0.6) is 11.5 Å². The minimum atomic E-state index is -0.212. The molecule has 0 aliphatic carbocycles. The van der Waals surface area contributed by atoms with E-state index in [0.717, 1.165) is 0 Å². The molecule has 24 heavy (non-hydrogen) atoms. The predicted octanol–water partition coefficient (Wildman–Crippen LogP) is 3.46. The predicted molar refractivity (Wildman–Crippen MR) is 91.2 cm³/mol. The first kappa shape index (κ1) is 17.3. The van der Waals surface area contributed by atoms with Crippen LogP contribution in [0.3, 0.4) is 0 Å². The summed E-state index contributed by atoms with van der Waals surface area (Å²) in [6, 6.07) is 15.8. The molecular weight excluding hydrogens is 306 g/mol. The minimum absolute atomic E-state index is 0.212. The Labute approximate surface area is 141 Å². The fourth-order valence-electron chi connectivity index (χ4n) is 1.93. The van der Waals surface area contributed by atoms with Crippen LogP contribution in [0.25, 0.3) is 0 Å². The molecule has 0 aromatic heterocycles. The average Bonchev–Trinajstić information content (AvgIpc) is 2.61. The van der Waals surface area contributed by atoms with Crippen molar-refractivity contribution in [2.45, 2.75) is 0 Å². The number of methoxy groups -OCH3 is 1. The zero-order valence-corrected chi connectivity index (χ0v) is 13.7. The molecule has 0 spiro atoms. The molecule has 2 aromatic carbocycles. The molecule has 2 aromatic rings. The number of nitrogens with zero attached hydrogens (tertiary/aromatic N) is 2. The normalized spacial score (nSPS) is 9.88. The highest BCUT2D eigenvalue weighted by Crippen LogP contribution is 2.25. The molecule has 0 saturated heterocycles. The van der Waals surface area contributed by atoms with E-state index in [2.05, 4.69) is 11.4 Å². The van der Waals surface area contributed by atoms with Crippen molar-refractivity contribution in [2.75, 3.05) is 32.6 Å². The Morgan fingerprint density at radius 2 is 1.92 bits per heavy atom. The van der Waals surface area contributed by atoms with Gasteiger partial charge in [0.15, 0.2) is 0 Å². The number of benzene rings is 2. The van der Waals surface area contributed by atoms with Crippen LogP contribution in [-0.4, -0.2) is 38.2 Å². The van der Waals surface area contributed by atoms with Gasteiger partial charge in [0.05, 0.1) is 12.2 Å². The van der Waals surface area contributed by atoms with Crippen LogP contribution in [0.2, 0.25) is 0 Å². The molecule has 0 atom stereocenters. The highest BCUT2D eigenvalue weighted by molar-refractivity contribution is 5.89. The highest BCUT2D eigenvalue weighted by atomic mass is 16.5. The number of ether oxygens (including phenoxy) is 2. The molecule has 0 radical (unpaired) electrons. The van der Waals surface area contributed by atoms with Crippen LogP contribution in [-0.2, 0) is 4.74 Å². The summed E-state index contributed by atoms with van der Waals surface area (Å²) in [5.74, 6) is 1.08. The quantitative estimate of drug-likeness (QED) is 0.882. The maximum atomic E-state index is 12.0. The van der Waals surface area contributed by atoms with E-state index in [-0.39, 0.29) is 6.03 Å². The summed E-state index contributed by atoms with van der Waals surface area (Å²) < 4.78 is 10.6. The van der Waals surface area contributed by atoms with Gasteiger partial charge >= 0.3 is 6.03 Å². The molecule has 124 valence electrons. The zero-order chi connectivity index (χ0) is 17.4. The van der Waals surface area contributed by atoms with E-state index in [1.807, 2.05) is 0 Å². The van der Waals surface area contributed by atoms with Crippen molar-refractivity contribution >= 4 is 11.7 Å². The van der Waals surface area contributed by atoms with Crippen LogP contribution in [0.15, 0.2) is 48.5 Å². The summed E-state index contributed by atoms with van der Waals surface area (Å²) in [7, 11) is 3.29. The highest BCUT2D eigenvalue weighted by Gasteiger charge is 2.09. The summed E-state index contributed by atoms with van der Waals surface area (Å²) in [5, 5.41) is 11.8. The monoisotopic (exact) mass is 325 g/mol. The van der Waals surface area contributed by atoms with Crippen molar-refractivity contribution in [1.82, 2.24) is 4.90 Å². The Hall–Kier alpha value is -3.04. The lowest BCUT2D eigenvalue weighted by Gasteiger charge is -2.17. The van der Waals surface area contributed by atoms with Crippen molar-refractivity contribution < 1.29 is 14.3 Å². The van der Waals surface area contributed by atoms with Crippen LogP contribution in [0, 0.1) is 11.3 Å². The molecule has 2 amide bonds. The smallest absolute Gasteiger partial charge is 0.321 e. The van der Waals surface area contributed by atoms with Gasteiger partial charge < -0.3 is 19.7 Å². The molecule has 6 heteroatoms. The number of urea groups is 1. The second-order valence-corrected chi connectivity index (χ2v) is 5.08. The number of para-hydroxylation sites is 1. The number of anilines is 1. The number of rotatable bonds is 6. The molecule has 6 nitrogen and oxygen atoms in total. The van der Waals surface area contributed by atoms with E-state index in [0.29, 0.717) is 35.9 Å². The number of hydrogen-bond acceptors (Lipinski definition) is 4. The van der Waals surface area contributed by atoms with Crippen LogP contribution >= 0.6 is 0 Å². The molecule has 2 rings (SSSR count). The third-order valence-corrected chi connectivity index (χ3v) is 3.32. The van der Waals surface area contributed by atoms with Gasteiger partial charge in [0.25, 0.3) is 0 Å². The summed E-state index contributed by atoms with van der Waals surface area (Å²) >= 11 is 0. The molecule has 0 heterocycles. The fourth-order valence-corrected chi connectivity index (χ4v) is 1.93. The Balaban J connectivity index is 1.98. The molecule has 0 aliphatic rings. The largest absolute Gasteiger partial charge is 0.456 e. The van der Waals surface area contributed by atoms with Gasteiger partial charge in [0, 0.05) is 26.4 Å². The molecule has 0 fully saturated rings. The summed E-state index contributed by atoms with van der Waals surface area (Å²) in [6.07, 6.45) is 0. The number of carbonyl (C=O) groups is 1. The van der Waals surface area contributed by atoms with Crippen molar-refractivity contribution in [3.05, 3.63) is 54.1 Å². The first-order chi connectivity index (χ1) is 11.6. The van der Waals surface area contributed by atoms with Crippen molar-refractivity contribution in [2.24, 2.45) is 0 Å². The van der Waals surface area contributed by atoms with Gasteiger partial charge in [-0.2, -0.15) is 5.26 Å². The number of carbonyl (C=O) groups excluding carboxylic acids is 1. The van der Waals surface area contributed by atoms with Gasteiger partial charge in [-0.25, -0.2) is 4.79 Å². The summed E-state index contributed by atoms with van der Waals surface area (Å²) in [6.45, 7) is 0.990. The van der Waals surface area contributed by atoms with Gasteiger partial charge in [-0.3, -0.25) is 0 Å². The average molecular weight is 325 g/mol. The van der Waals surface area contributed by atoms with Crippen molar-refractivity contribution in [3.8, 4) is 17.6 Å². The standard InChI is InChI=1S/C18H19N3O3/c1-21(11-12-23-2)18(22)20-15-7-9-16(10-8-15)24-17-6-4-3-5-14(17)13-19/h3-10H,11-12H2,1-2H3,(H,20,22). The molecule has 0 saturated carbocycles. The zero-order valence-electron chi connectivity index (χ0n) is 13.7. The van der Waals surface area contributed by atoms with E-state index in [4.69, 9.17) is 14.7 Å². The number of nitriles is 1. The van der Waals surface area contributed by atoms with Gasteiger partial charge in [0.2, 0.25) is 0 Å². The third-order valence-electron chi connectivity index (χ3n) is 3.32. The lowest BCUT2D eigenvalue weighted by Crippen LogP contribution is -2.33. The lowest BCUT2D eigenvalue weighted by molar-refractivity contribution is 0.165. The SMILES string of the molecule is COCCN(C)C(=O)Nc1ccc(Oc2ccccc2C#N)cc1. The minimum Gasteiger partial charge on any atom is -0.456 e. The molecule has 0 unspecified atom stereocenters. The van der Waals surface area contributed by atoms with Gasteiger partial charge in [0.1, 0.15) is 17.6 Å². The Morgan fingerprint density at radius 1 is 1.21 bits per heavy atom. The summed E-state index contributed by atoms with van der Waals surface area (Å²) in [5.41, 5.74) is 1.12. The van der Waals surface area contributed by atoms with Gasteiger partial charge in [-0.1, -0.05) is 12.1 Å². The van der Waals surface area contributed by atoms with E-state index < -0.39 is 0 Å². The molecule has 0 aliphatic heterocycles. The van der Waals surface area contributed by atoms with Gasteiger partial charge in [-0.05, 0) is 36.4 Å². The first-order valence-corrected chi connectivity index (χ1v) is 7.42. The fraction of sp³-hybridized carbons (Fsp3) is 0.222. The first-order valence-electron chi connectivity index (χ1n) is 7.42. The van der Waals surface area contributed by atoms with Crippen molar-refractivity contribution in [1.29, 1.82) is 5.26 Å². The summed E-state index contributed by atoms with van der Waals surface area (Å²) in [4.78, 5) is 13.5. The number of hydrogen-bond donors (Lipinski definition) is 1. The third kappa shape index (κ3) is 4.73. The van der Waals surface area contributed by atoms with Crippen LogP contribution < -0.4 is 10.1 Å². The number of likely N-dealkylation sites (N-methyl/N-ethyl adjacent to an activating group) is 1. The molecule has 0 bridgehead atoms. The maximum Gasteiger partial charge on any atom is 0.321 e. The van der Waals surface area contributed by atoms with E-state index in [1.165, 1.54) is 4.90 Å². The molecular formula is C18H19N3O3. The number of nitrogens with one attached hydrogen (secondary N) is 1. The van der Waals surface area contributed by atoms with Gasteiger partial charge in [-0.15, -0.1) is 0 Å². The Kier molecular flexibility index (Phi) is 6.17. The van der Waals surface area contributed by atoms with Crippen LogP contribution in [0.4, 0.5) is 10.5 Å². The van der Waals surface area contributed by atoms with E-state index in [9.17, 15) is 4.79 Å². The topological polar surface area (TPSA) is 74.6 Å². The Morgan fingerprint density at radius 3 is 2.58 bits per heavy atom. The maximum absolute atomic E-state index is 12.0. The molecule has 1 N–H and O–H groups in total. The Bertz CT molecular complexity index is 723. The van der Waals surface area contributed by atoms with E-state index >= 15 is 0 Å². The second kappa shape index (κ2) is 8.56. The lowest BCUT2D eigenvalue weighted by atomic mass is 10.2. The second-order valence-electron chi connectivity index (χ2n) is 5.08. The van der Waals surface area contributed by atoms with Crippen molar-refractivity contribution in [3.63, 3.8) is 0 Å². The van der Waals surface area contributed by atoms with E-state index in [1.54, 1.807) is 62.7 Å². The number of amides is 2.